The Morgan fingerprint density at radius 1 is 0.750 bits per heavy atom. The molecule has 0 amide bonds. The molecule has 1 heterocycles. The topological polar surface area (TPSA) is 0 Å². The van der Waals surface area contributed by atoms with Gasteiger partial charge in [0.2, 0.25) is 0 Å². The fourth-order valence-electron chi connectivity index (χ4n) is 1.66. The maximum Gasteiger partial charge on any atom is 0.0683 e. The highest BCUT2D eigenvalue weighted by Gasteiger charge is 2.42. The summed E-state index contributed by atoms with van der Waals surface area (Å²) >= 11 is 15.7. The molecule has 1 rings (SSSR count). The van der Waals surface area contributed by atoms with Crippen molar-refractivity contribution in [3.8, 4) is 0 Å². The first-order valence-electron chi connectivity index (χ1n) is 6.14. The monoisotopic (exact) mass is 332 g/mol. The standard InChI is InChI=1S/C10H22P2S4/c1-3-5-7-9-11(13)15-12(14,16-11)10-8-6-4-2/h3-10H2,1-2H3. The number of hydrogen-bond donors (Lipinski definition) is 0. The normalized spacial score (nSPS) is 33.6. The van der Waals surface area contributed by atoms with Gasteiger partial charge < -0.3 is 0 Å². The molecule has 0 spiro atoms. The molecular weight excluding hydrogens is 310 g/mol. The Bertz CT molecular complexity index is 261. The molecular formula is C10H22P2S4. The van der Waals surface area contributed by atoms with E-state index in [1.807, 2.05) is 0 Å². The van der Waals surface area contributed by atoms with Crippen LogP contribution in [0, 0.1) is 0 Å². The Hall–Kier alpha value is 2.00. The summed E-state index contributed by atoms with van der Waals surface area (Å²) in [5.41, 5.74) is 0. The van der Waals surface area contributed by atoms with E-state index in [9.17, 15) is 0 Å². The molecule has 0 atom stereocenters. The molecule has 1 aliphatic rings. The van der Waals surface area contributed by atoms with Crippen molar-refractivity contribution in [2.45, 2.75) is 52.4 Å². The molecule has 0 aliphatic carbocycles. The van der Waals surface area contributed by atoms with Crippen LogP contribution in [0.5, 0.6) is 0 Å². The van der Waals surface area contributed by atoms with Gasteiger partial charge in [0.1, 0.15) is 0 Å². The van der Waals surface area contributed by atoms with Crippen LogP contribution in [0.3, 0.4) is 0 Å². The fraction of sp³-hybridized carbons (Fsp3) is 1.00. The third-order valence-corrected chi connectivity index (χ3v) is 34.9. The summed E-state index contributed by atoms with van der Waals surface area (Å²) in [6.45, 7) is 4.51. The van der Waals surface area contributed by atoms with Crippen LogP contribution in [-0.2, 0) is 23.6 Å². The summed E-state index contributed by atoms with van der Waals surface area (Å²) in [5, 5.41) is 0. The SMILES string of the molecule is CCCCCP1(=S)SP(=S)(CCCCC)S1. The first kappa shape index (κ1) is 16.1. The molecule has 0 aromatic rings. The van der Waals surface area contributed by atoms with E-state index in [1.54, 1.807) is 0 Å². The van der Waals surface area contributed by atoms with Crippen LogP contribution < -0.4 is 0 Å². The van der Waals surface area contributed by atoms with Gasteiger partial charge in [-0.2, -0.15) is 0 Å². The van der Waals surface area contributed by atoms with Crippen LogP contribution in [0.2, 0.25) is 0 Å². The highest BCUT2D eigenvalue weighted by atomic mass is 33.7. The van der Waals surface area contributed by atoms with Gasteiger partial charge in [-0.15, -0.1) is 0 Å². The molecule has 96 valence electrons. The van der Waals surface area contributed by atoms with E-state index in [4.69, 9.17) is 23.6 Å². The Morgan fingerprint density at radius 2 is 1.12 bits per heavy atom. The van der Waals surface area contributed by atoms with Crippen LogP contribution >= 0.6 is 30.9 Å². The summed E-state index contributed by atoms with van der Waals surface area (Å²) < 4.78 is -2.16. The highest BCUT2D eigenvalue weighted by Crippen LogP contribution is 3.05. The van der Waals surface area contributed by atoms with Gasteiger partial charge >= 0.3 is 0 Å². The van der Waals surface area contributed by atoms with Gasteiger partial charge in [0, 0.05) is 0 Å². The Kier molecular flexibility index (Phi) is 7.58. The Labute approximate surface area is 118 Å². The summed E-state index contributed by atoms with van der Waals surface area (Å²) in [4.78, 5) is 0. The number of hydrogen-bond acceptors (Lipinski definition) is 4. The minimum atomic E-state index is -1.08. The maximum atomic E-state index is 5.77. The van der Waals surface area contributed by atoms with E-state index in [2.05, 4.69) is 35.9 Å². The molecule has 0 N–H and O–H groups in total. The summed E-state index contributed by atoms with van der Waals surface area (Å²) in [5.74, 6) is 0. The van der Waals surface area contributed by atoms with Crippen LogP contribution in [0.15, 0.2) is 0 Å². The van der Waals surface area contributed by atoms with Gasteiger partial charge in [0.25, 0.3) is 0 Å². The number of unbranched alkanes of at least 4 members (excludes halogenated alkanes) is 4. The second kappa shape index (κ2) is 7.56. The average Bonchev–Trinajstić information content (AvgIpc) is 2.16. The first-order valence-corrected chi connectivity index (χ1v) is 16.2. The molecule has 1 aliphatic heterocycles. The lowest BCUT2D eigenvalue weighted by Crippen LogP contribution is -1.93. The van der Waals surface area contributed by atoms with Crippen LogP contribution in [0.25, 0.3) is 0 Å². The highest BCUT2D eigenvalue weighted by molar-refractivity contribution is 9.46. The minimum Gasteiger partial charge on any atom is -0.0736 e. The molecule has 6 heteroatoms. The molecule has 0 saturated carbocycles. The maximum absolute atomic E-state index is 5.77. The summed E-state index contributed by atoms with van der Waals surface area (Å²) in [6.07, 6.45) is 10.5. The van der Waals surface area contributed by atoms with Crippen molar-refractivity contribution < 1.29 is 0 Å². The van der Waals surface area contributed by atoms with Gasteiger partial charge in [0.05, 0.1) is 8.88 Å². The molecule has 0 unspecified atom stereocenters. The van der Waals surface area contributed by atoms with Crippen molar-refractivity contribution in [1.29, 1.82) is 0 Å². The zero-order chi connectivity index (χ0) is 12.1. The van der Waals surface area contributed by atoms with E-state index in [0.717, 1.165) is 0 Å². The third-order valence-electron chi connectivity index (χ3n) is 2.57. The molecule has 1 saturated heterocycles. The van der Waals surface area contributed by atoms with Crippen LogP contribution in [0.1, 0.15) is 52.4 Å². The predicted octanol–water partition coefficient (Wildman–Crippen LogP) is 6.47. The summed E-state index contributed by atoms with van der Waals surface area (Å²) in [7, 11) is 0. The van der Waals surface area contributed by atoms with Crippen molar-refractivity contribution in [3.05, 3.63) is 0 Å². The molecule has 0 nitrogen and oxygen atoms in total. The molecule has 0 aromatic carbocycles. The zero-order valence-electron chi connectivity index (χ0n) is 10.2. The summed E-state index contributed by atoms with van der Waals surface area (Å²) in [6, 6.07) is 0. The van der Waals surface area contributed by atoms with Crippen LogP contribution in [0.4, 0.5) is 0 Å². The quantitative estimate of drug-likeness (QED) is 0.369. The predicted molar refractivity (Wildman–Crippen MR) is 92.5 cm³/mol. The van der Waals surface area contributed by atoms with Crippen molar-refractivity contribution in [3.63, 3.8) is 0 Å². The van der Waals surface area contributed by atoms with E-state index >= 15 is 0 Å². The molecule has 1 fully saturated rings. The van der Waals surface area contributed by atoms with Crippen molar-refractivity contribution in [1.82, 2.24) is 0 Å². The zero-order valence-corrected chi connectivity index (χ0v) is 15.2. The van der Waals surface area contributed by atoms with Crippen molar-refractivity contribution in [2.75, 3.05) is 12.3 Å². The van der Waals surface area contributed by atoms with E-state index in [0.29, 0.717) is 0 Å². The van der Waals surface area contributed by atoms with Crippen molar-refractivity contribution in [2.24, 2.45) is 0 Å². The molecule has 16 heavy (non-hydrogen) atoms. The van der Waals surface area contributed by atoms with Crippen LogP contribution in [-0.4, -0.2) is 12.3 Å². The van der Waals surface area contributed by atoms with Gasteiger partial charge in [-0.05, 0) is 25.2 Å². The van der Waals surface area contributed by atoms with E-state index in [-0.39, 0.29) is 0 Å². The molecule has 0 radical (unpaired) electrons. The number of rotatable bonds is 8. The molecule has 0 aromatic heterocycles. The smallest absolute Gasteiger partial charge is 0.0683 e. The van der Waals surface area contributed by atoms with Crippen molar-refractivity contribution >= 4 is 54.5 Å². The lowest BCUT2D eigenvalue weighted by Gasteiger charge is -2.40. The third kappa shape index (κ3) is 5.33. The Morgan fingerprint density at radius 3 is 1.44 bits per heavy atom. The van der Waals surface area contributed by atoms with E-state index < -0.39 is 8.88 Å². The second-order valence-electron chi connectivity index (χ2n) is 4.25. The van der Waals surface area contributed by atoms with Gasteiger partial charge in [-0.25, -0.2) is 0 Å². The Balaban J connectivity index is 2.23. The minimum absolute atomic E-state index is 1.08. The fourth-order valence-corrected chi connectivity index (χ4v) is 49.1. The lowest BCUT2D eigenvalue weighted by atomic mass is 10.3. The van der Waals surface area contributed by atoms with Gasteiger partial charge in [0.15, 0.2) is 0 Å². The lowest BCUT2D eigenvalue weighted by molar-refractivity contribution is 0.777. The molecule has 0 bridgehead atoms. The van der Waals surface area contributed by atoms with Gasteiger partial charge in [-0.1, -0.05) is 85.1 Å². The first-order chi connectivity index (χ1) is 7.54. The average molecular weight is 333 g/mol. The van der Waals surface area contributed by atoms with E-state index in [1.165, 1.54) is 50.8 Å². The second-order valence-corrected chi connectivity index (χ2v) is 27.2. The largest absolute Gasteiger partial charge is 0.0736 e. The van der Waals surface area contributed by atoms with Gasteiger partial charge in [-0.3, -0.25) is 0 Å².